The quantitative estimate of drug-likeness (QED) is 0.640. The lowest BCUT2D eigenvalue weighted by Gasteiger charge is -2.37. The Morgan fingerprint density at radius 1 is 0.967 bits per heavy atom. The number of halogens is 3. The fourth-order valence-electron chi connectivity index (χ4n) is 3.76. The lowest BCUT2D eigenvalue weighted by molar-refractivity contribution is -0.137. The molecule has 0 bridgehead atoms. The average molecular weight is 416 g/mol. The molecular formula is C21H23F3N6. The molecule has 1 saturated heterocycles. The van der Waals surface area contributed by atoms with Gasteiger partial charge in [-0.3, -0.25) is 4.90 Å². The molecule has 0 spiro atoms. The van der Waals surface area contributed by atoms with Crippen molar-refractivity contribution in [1.29, 1.82) is 0 Å². The number of piperazine rings is 1. The van der Waals surface area contributed by atoms with Crippen molar-refractivity contribution in [2.75, 3.05) is 33.2 Å². The molecule has 1 aliphatic heterocycles. The highest BCUT2D eigenvalue weighted by Crippen LogP contribution is 2.34. The maximum Gasteiger partial charge on any atom is 0.416 e. The zero-order valence-corrected chi connectivity index (χ0v) is 16.6. The second kappa shape index (κ2) is 8.53. The molecule has 9 heteroatoms. The van der Waals surface area contributed by atoms with Gasteiger partial charge in [0.25, 0.3) is 0 Å². The first-order chi connectivity index (χ1) is 14.4. The lowest BCUT2D eigenvalue weighted by Crippen LogP contribution is -2.46. The number of alkyl halides is 3. The SMILES string of the molecule is CN1CCN([C@H](c2cccc(C(F)(F)F)c2)c2nnnn2Cc2ccccc2)CC1. The standard InChI is InChI=1S/C21H23F3N6/c1-28-10-12-29(13-11-28)19(17-8-5-9-18(14-17)21(22,23)24)20-25-26-27-30(20)15-16-6-3-2-4-7-16/h2-9,14,19H,10-13,15H2,1H3/t19-/m1/s1. The number of benzene rings is 2. The molecule has 6 nitrogen and oxygen atoms in total. The Balaban J connectivity index is 1.73. The van der Waals surface area contributed by atoms with Crippen LogP contribution in [0.2, 0.25) is 0 Å². The van der Waals surface area contributed by atoms with Gasteiger partial charge in [-0.05, 0) is 40.7 Å². The van der Waals surface area contributed by atoms with E-state index >= 15 is 0 Å². The predicted molar refractivity (Wildman–Crippen MR) is 106 cm³/mol. The third-order valence-corrected chi connectivity index (χ3v) is 5.41. The van der Waals surface area contributed by atoms with E-state index in [1.165, 1.54) is 12.1 Å². The van der Waals surface area contributed by atoms with Crippen LogP contribution in [0.3, 0.4) is 0 Å². The van der Waals surface area contributed by atoms with Crippen LogP contribution in [0.25, 0.3) is 0 Å². The van der Waals surface area contributed by atoms with E-state index in [2.05, 4.69) is 25.3 Å². The minimum atomic E-state index is -4.40. The van der Waals surface area contributed by atoms with Crippen molar-refractivity contribution in [3.63, 3.8) is 0 Å². The van der Waals surface area contributed by atoms with Crippen molar-refractivity contribution in [2.45, 2.75) is 18.8 Å². The third kappa shape index (κ3) is 4.52. The van der Waals surface area contributed by atoms with Crippen LogP contribution in [-0.2, 0) is 12.7 Å². The highest BCUT2D eigenvalue weighted by atomic mass is 19.4. The molecule has 2 heterocycles. The highest BCUT2D eigenvalue weighted by molar-refractivity contribution is 5.31. The van der Waals surface area contributed by atoms with Crippen LogP contribution >= 0.6 is 0 Å². The molecule has 0 amide bonds. The second-order valence-corrected chi connectivity index (χ2v) is 7.55. The fraction of sp³-hybridized carbons (Fsp3) is 0.381. The summed E-state index contributed by atoms with van der Waals surface area (Å²) in [6.07, 6.45) is -4.40. The van der Waals surface area contributed by atoms with Crippen molar-refractivity contribution in [3.8, 4) is 0 Å². The number of likely N-dealkylation sites (N-methyl/N-ethyl adjacent to an activating group) is 1. The van der Waals surface area contributed by atoms with E-state index < -0.39 is 17.8 Å². The number of hydrogen-bond acceptors (Lipinski definition) is 5. The van der Waals surface area contributed by atoms with Gasteiger partial charge in [0.05, 0.1) is 18.2 Å². The zero-order chi connectivity index (χ0) is 21.1. The van der Waals surface area contributed by atoms with Gasteiger partial charge in [-0.1, -0.05) is 42.5 Å². The first-order valence-corrected chi connectivity index (χ1v) is 9.81. The summed E-state index contributed by atoms with van der Waals surface area (Å²) in [7, 11) is 2.04. The monoisotopic (exact) mass is 416 g/mol. The van der Waals surface area contributed by atoms with E-state index in [1.54, 1.807) is 10.7 Å². The van der Waals surface area contributed by atoms with Crippen LogP contribution in [0.15, 0.2) is 54.6 Å². The normalized spacial score (nSPS) is 17.2. The topological polar surface area (TPSA) is 50.1 Å². The maximum absolute atomic E-state index is 13.4. The van der Waals surface area contributed by atoms with E-state index in [0.717, 1.165) is 37.8 Å². The summed E-state index contributed by atoms with van der Waals surface area (Å²) in [4.78, 5) is 4.36. The third-order valence-electron chi connectivity index (χ3n) is 5.41. The van der Waals surface area contributed by atoms with Gasteiger partial charge in [0.15, 0.2) is 5.82 Å². The Bertz CT molecular complexity index is 964. The predicted octanol–water partition coefficient (Wildman–Crippen LogP) is 3.08. The number of hydrogen-bond donors (Lipinski definition) is 0. The molecule has 158 valence electrons. The number of aromatic nitrogens is 4. The minimum Gasteiger partial charge on any atom is -0.304 e. The van der Waals surface area contributed by atoms with E-state index in [4.69, 9.17) is 0 Å². The zero-order valence-electron chi connectivity index (χ0n) is 16.6. The van der Waals surface area contributed by atoms with E-state index in [1.807, 2.05) is 37.4 Å². The summed E-state index contributed by atoms with van der Waals surface area (Å²) in [5.41, 5.74) is 0.895. The van der Waals surface area contributed by atoms with Gasteiger partial charge >= 0.3 is 6.18 Å². The lowest BCUT2D eigenvalue weighted by atomic mass is 10.0. The Kier molecular flexibility index (Phi) is 5.83. The molecule has 0 unspecified atom stereocenters. The van der Waals surface area contributed by atoms with Gasteiger partial charge in [-0.25, -0.2) is 4.68 Å². The molecule has 1 fully saturated rings. The molecule has 30 heavy (non-hydrogen) atoms. The van der Waals surface area contributed by atoms with E-state index in [-0.39, 0.29) is 0 Å². The molecule has 0 saturated carbocycles. The van der Waals surface area contributed by atoms with Gasteiger partial charge in [0.2, 0.25) is 0 Å². The van der Waals surface area contributed by atoms with Crippen LogP contribution < -0.4 is 0 Å². The van der Waals surface area contributed by atoms with E-state index in [0.29, 0.717) is 17.9 Å². The van der Waals surface area contributed by atoms with Gasteiger partial charge in [-0.2, -0.15) is 13.2 Å². The Labute approximate surface area is 172 Å². The van der Waals surface area contributed by atoms with Crippen LogP contribution in [-0.4, -0.2) is 63.2 Å². The maximum atomic E-state index is 13.4. The van der Waals surface area contributed by atoms with Crippen molar-refractivity contribution in [3.05, 3.63) is 77.1 Å². The summed E-state index contributed by atoms with van der Waals surface area (Å²) >= 11 is 0. The fourth-order valence-corrected chi connectivity index (χ4v) is 3.76. The van der Waals surface area contributed by atoms with Crippen LogP contribution in [0.4, 0.5) is 13.2 Å². The summed E-state index contributed by atoms with van der Waals surface area (Å²) in [5, 5.41) is 12.2. The summed E-state index contributed by atoms with van der Waals surface area (Å²) < 4.78 is 41.8. The minimum absolute atomic E-state index is 0.451. The largest absolute Gasteiger partial charge is 0.416 e. The Morgan fingerprint density at radius 2 is 1.70 bits per heavy atom. The molecule has 0 aliphatic carbocycles. The second-order valence-electron chi connectivity index (χ2n) is 7.55. The van der Waals surface area contributed by atoms with Crippen molar-refractivity contribution >= 4 is 0 Å². The van der Waals surface area contributed by atoms with Gasteiger partial charge in [-0.15, -0.1) is 5.10 Å². The van der Waals surface area contributed by atoms with Gasteiger partial charge in [0, 0.05) is 26.2 Å². The first kappa shape index (κ1) is 20.5. The first-order valence-electron chi connectivity index (χ1n) is 9.81. The molecule has 2 aromatic carbocycles. The Hall–Kier alpha value is -2.78. The molecule has 1 atom stereocenters. The van der Waals surface area contributed by atoms with Gasteiger partial charge < -0.3 is 4.90 Å². The van der Waals surface area contributed by atoms with Crippen LogP contribution in [0, 0.1) is 0 Å². The molecule has 4 rings (SSSR count). The summed E-state index contributed by atoms with van der Waals surface area (Å²) in [6, 6.07) is 14.8. The summed E-state index contributed by atoms with van der Waals surface area (Å²) in [5.74, 6) is 0.544. The molecule has 0 N–H and O–H groups in total. The van der Waals surface area contributed by atoms with E-state index in [9.17, 15) is 13.2 Å². The number of nitrogens with zero attached hydrogens (tertiary/aromatic N) is 6. The smallest absolute Gasteiger partial charge is 0.304 e. The highest BCUT2D eigenvalue weighted by Gasteiger charge is 2.34. The van der Waals surface area contributed by atoms with Crippen LogP contribution in [0.5, 0.6) is 0 Å². The molecule has 1 aliphatic rings. The number of tetrazole rings is 1. The van der Waals surface area contributed by atoms with Gasteiger partial charge in [0.1, 0.15) is 0 Å². The molecule has 0 radical (unpaired) electrons. The Morgan fingerprint density at radius 3 is 2.40 bits per heavy atom. The van der Waals surface area contributed by atoms with Crippen LogP contribution in [0.1, 0.15) is 28.6 Å². The molecule has 3 aromatic rings. The van der Waals surface area contributed by atoms with Crippen molar-refractivity contribution < 1.29 is 13.2 Å². The number of rotatable bonds is 5. The van der Waals surface area contributed by atoms with Crippen molar-refractivity contribution in [2.24, 2.45) is 0 Å². The van der Waals surface area contributed by atoms with Crippen molar-refractivity contribution in [1.82, 2.24) is 30.0 Å². The average Bonchev–Trinajstić information content (AvgIpc) is 3.18. The summed E-state index contributed by atoms with van der Waals surface area (Å²) in [6.45, 7) is 3.54. The molecule has 1 aromatic heterocycles. The molecular weight excluding hydrogens is 393 g/mol.